The van der Waals surface area contributed by atoms with Crippen LogP contribution in [0.2, 0.25) is 5.02 Å². The number of hydrogen-bond donors (Lipinski definition) is 1. The van der Waals surface area contributed by atoms with Gasteiger partial charge in [0.2, 0.25) is 0 Å². The van der Waals surface area contributed by atoms with E-state index >= 15 is 0 Å². The van der Waals surface area contributed by atoms with Crippen LogP contribution in [0.1, 0.15) is 28.8 Å². The normalized spacial score (nSPS) is 16.8. The highest BCUT2D eigenvalue weighted by atomic mass is 35.5. The summed E-state index contributed by atoms with van der Waals surface area (Å²) >= 11 is 5.88. The predicted octanol–water partition coefficient (Wildman–Crippen LogP) is 3.83. The molecule has 2 aromatic carbocycles. The van der Waals surface area contributed by atoms with Gasteiger partial charge >= 0.3 is 0 Å². The lowest BCUT2D eigenvalue weighted by molar-refractivity contribution is 0.0854. The molecule has 0 aliphatic carbocycles. The highest BCUT2D eigenvalue weighted by molar-refractivity contribution is 6.30. The summed E-state index contributed by atoms with van der Waals surface area (Å²) in [6, 6.07) is 14.7. The van der Waals surface area contributed by atoms with Crippen LogP contribution in [0.4, 0.5) is 0 Å². The Morgan fingerprint density at radius 2 is 2.00 bits per heavy atom. The summed E-state index contributed by atoms with van der Waals surface area (Å²) in [6.45, 7) is 1.69. The Labute approximate surface area is 146 Å². The van der Waals surface area contributed by atoms with Gasteiger partial charge in [-0.25, -0.2) is 0 Å². The van der Waals surface area contributed by atoms with E-state index < -0.39 is 0 Å². The van der Waals surface area contributed by atoms with E-state index in [1.807, 2.05) is 36.4 Å². The van der Waals surface area contributed by atoms with Crippen LogP contribution < -0.4 is 10.1 Å². The lowest BCUT2D eigenvalue weighted by Gasteiger charge is -2.14. The number of ether oxygens (including phenoxy) is 2. The largest absolute Gasteiger partial charge is 0.488 e. The van der Waals surface area contributed by atoms with Crippen LogP contribution in [0.5, 0.6) is 5.75 Å². The first-order chi connectivity index (χ1) is 11.7. The van der Waals surface area contributed by atoms with Crippen molar-refractivity contribution >= 4 is 17.5 Å². The monoisotopic (exact) mass is 345 g/mol. The average molecular weight is 346 g/mol. The third-order valence-electron chi connectivity index (χ3n) is 3.95. The minimum atomic E-state index is -0.141. The molecule has 5 heteroatoms. The van der Waals surface area contributed by atoms with Gasteiger partial charge in [0.1, 0.15) is 12.4 Å². The first-order valence-electron chi connectivity index (χ1n) is 8.08. The van der Waals surface area contributed by atoms with E-state index in [0.29, 0.717) is 29.5 Å². The summed E-state index contributed by atoms with van der Waals surface area (Å²) in [5.74, 6) is 0.425. The molecule has 1 heterocycles. The van der Waals surface area contributed by atoms with Crippen LogP contribution in [0.15, 0.2) is 48.5 Å². The Balaban J connectivity index is 1.61. The summed E-state index contributed by atoms with van der Waals surface area (Å²) < 4.78 is 11.3. The van der Waals surface area contributed by atoms with Crippen molar-refractivity contribution in [2.24, 2.45) is 0 Å². The fraction of sp³-hybridized carbons (Fsp3) is 0.316. The zero-order valence-electron chi connectivity index (χ0n) is 13.3. The van der Waals surface area contributed by atoms with Gasteiger partial charge in [-0.1, -0.05) is 35.9 Å². The van der Waals surface area contributed by atoms with Gasteiger partial charge in [0, 0.05) is 18.2 Å². The topological polar surface area (TPSA) is 47.6 Å². The number of amides is 1. The molecule has 1 aliphatic heterocycles. The summed E-state index contributed by atoms with van der Waals surface area (Å²) in [5.41, 5.74) is 1.53. The fourth-order valence-electron chi connectivity index (χ4n) is 2.63. The molecule has 0 unspecified atom stereocenters. The first-order valence-corrected chi connectivity index (χ1v) is 8.46. The molecule has 1 fully saturated rings. The molecule has 0 aromatic heterocycles. The second kappa shape index (κ2) is 8.18. The maximum absolute atomic E-state index is 12.4. The van der Waals surface area contributed by atoms with Crippen LogP contribution >= 0.6 is 11.6 Å². The third-order valence-corrected chi connectivity index (χ3v) is 4.21. The third kappa shape index (κ3) is 4.49. The number of nitrogens with one attached hydrogen (secondary N) is 1. The molecule has 126 valence electrons. The van der Waals surface area contributed by atoms with Crippen LogP contribution in [-0.4, -0.2) is 25.2 Å². The van der Waals surface area contributed by atoms with Crippen LogP contribution in [0.3, 0.4) is 0 Å². The minimum Gasteiger partial charge on any atom is -0.488 e. The Bertz CT molecular complexity index is 681. The fourth-order valence-corrected chi connectivity index (χ4v) is 2.75. The lowest BCUT2D eigenvalue weighted by Crippen LogP contribution is -2.32. The quantitative estimate of drug-likeness (QED) is 0.865. The highest BCUT2D eigenvalue weighted by Gasteiger charge is 2.18. The molecule has 0 bridgehead atoms. The van der Waals surface area contributed by atoms with Crippen molar-refractivity contribution in [3.8, 4) is 5.75 Å². The van der Waals surface area contributed by atoms with Gasteiger partial charge in [-0.3, -0.25) is 4.79 Å². The molecule has 3 rings (SSSR count). The van der Waals surface area contributed by atoms with Gasteiger partial charge in [0.25, 0.3) is 5.91 Å². The number of carbonyl (C=O) groups excluding carboxylic acids is 1. The van der Waals surface area contributed by atoms with Crippen molar-refractivity contribution < 1.29 is 14.3 Å². The Morgan fingerprint density at radius 3 is 2.75 bits per heavy atom. The van der Waals surface area contributed by atoms with Crippen LogP contribution in [0.25, 0.3) is 0 Å². The molecule has 0 spiro atoms. The molecule has 2 aromatic rings. The molecule has 1 N–H and O–H groups in total. The molecule has 1 saturated heterocycles. The molecule has 1 aliphatic rings. The second-order valence-corrected chi connectivity index (χ2v) is 6.19. The van der Waals surface area contributed by atoms with Crippen LogP contribution in [0, 0.1) is 0 Å². The van der Waals surface area contributed by atoms with Gasteiger partial charge in [0.05, 0.1) is 11.7 Å². The molecule has 0 radical (unpaired) electrons. The van der Waals surface area contributed by atoms with E-state index in [1.54, 1.807) is 12.1 Å². The lowest BCUT2D eigenvalue weighted by atomic mass is 10.1. The number of benzene rings is 2. The molecular weight excluding hydrogens is 326 g/mol. The Morgan fingerprint density at radius 1 is 1.21 bits per heavy atom. The van der Waals surface area contributed by atoms with Crippen molar-refractivity contribution in [2.75, 3.05) is 13.2 Å². The number of carbonyl (C=O) groups is 1. The molecular formula is C19H20ClNO3. The van der Waals surface area contributed by atoms with Gasteiger partial charge in [-0.2, -0.15) is 0 Å². The van der Waals surface area contributed by atoms with E-state index in [0.717, 1.165) is 25.0 Å². The van der Waals surface area contributed by atoms with Gasteiger partial charge in [-0.05, 0) is 42.7 Å². The first kappa shape index (κ1) is 16.8. The standard InChI is InChI=1S/C19H20ClNO3/c20-15-9-7-14(8-10-15)13-24-18-6-2-1-5-17(18)19(22)21-12-16-4-3-11-23-16/h1-2,5-10,16H,3-4,11-13H2,(H,21,22)/t16-/m0/s1. The maximum atomic E-state index is 12.4. The SMILES string of the molecule is O=C(NC[C@@H]1CCCO1)c1ccccc1OCc1ccc(Cl)cc1. The minimum absolute atomic E-state index is 0.121. The van der Waals surface area contributed by atoms with Crippen molar-refractivity contribution in [2.45, 2.75) is 25.6 Å². The second-order valence-electron chi connectivity index (χ2n) is 5.76. The summed E-state index contributed by atoms with van der Waals surface area (Å²) in [7, 11) is 0. The van der Waals surface area contributed by atoms with E-state index in [9.17, 15) is 4.79 Å². The summed E-state index contributed by atoms with van der Waals surface area (Å²) in [4.78, 5) is 12.4. The Hall–Kier alpha value is -2.04. The molecule has 1 amide bonds. The summed E-state index contributed by atoms with van der Waals surface area (Å²) in [5, 5.41) is 3.61. The van der Waals surface area contributed by atoms with E-state index in [2.05, 4.69) is 5.32 Å². The maximum Gasteiger partial charge on any atom is 0.255 e. The van der Waals surface area contributed by atoms with Crippen molar-refractivity contribution in [3.63, 3.8) is 0 Å². The number of hydrogen-bond acceptors (Lipinski definition) is 3. The molecule has 4 nitrogen and oxygen atoms in total. The van der Waals surface area contributed by atoms with E-state index in [4.69, 9.17) is 21.1 Å². The predicted molar refractivity (Wildman–Crippen MR) is 93.5 cm³/mol. The number of halogens is 1. The van der Waals surface area contributed by atoms with Crippen molar-refractivity contribution in [1.29, 1.82) is 0 Å². The van der Waals surface area contributed by atoms with Gasteiger partial charge in [0.15, 0.2) is 0 Å². The number of para-hydroxylation sites is 1. The van der Waals surface area contributed by atoms with Crippen molar-refractivity contribution in [3.05, 3.63) is 64.7 Å². The zero-order valence-corrected chi connectivity index (χ0v) is 14.1. The smallest absolute Gasteiger partial charge is 0.255 e. The van der Waals surface area contributed by atoms with E-state index in [-0.39, 0.29) is 12.0 Å². The number of rotatable bonds is 6. The molecule has 24 heavy (non-hydrogen) atoms. The van der Waals surface area contributed by atoms with Gasteiger partial charge in [-0.15, -0.1) is 0 Å². The van der Waals surface area contributed by atoms with Crippen molar-refractivity contribution in [1.82, 2.24) is 5.32 Å². The molecule has 1 atom stereocenters. The molecule has 0 saturated carbocycles. The zero-order chi connectivity index (χ0) is 16.8. The van der Waals surface area contributed by atoms with E-state index in [1.165, 1.54) is 0 Å². The summed E-state index contributed by atoms with van der Waals surface area (Å²) in [6.07, 6.45) is 2.17. The average Bonchev–Trinajstić information content (AvgIpc) is 3.13. The highest BCUT2D eigenvalue weighted by Crippen LogP contribution is 2.20. The van der Waals surface area contributed by atoms with Crippen LogP contribution in [-0.2, 0) is 11.3 Å². The Kier molecular flexibility index (Phi) is 5.72. The van der Waals surface area contributed by atoms with Gasteiger partial charge < -0.3 is 14.8 Å².